The van der Waals surface area contributed by atoms with E-state index in [0.717, 1.165) is 30.5 Å². The summed E-state index contributed by atoms with van der Waals surface area (Å²) in [6.45, 7) is 12.7. The van der Waals surface area contributed by atoms with Crippen molar-refractivity contribution in [3.05, 3.63) is 108 Å². The second-order valence-electron chi connectivity index (χ2n) is 5.46. The molecule has 1 aliphatic carbocycles. The van der Waals surface area contributed by atoms with E-state index in [0.29, 0.717) is 0 Å². The molecule has 0 aliphatic heterocycles. The minimum absolute atomic E-state index is 0.794. The van der Waals surface area contributed by atoms with Crippen LogP contribution in [0.2, 0.25) is 0 Å². The molecule has 24 heavy (non-hydrogen) atoms. The first kappa shape index (κ1) is 19.5. The second-order valence-corrected chi connectivity index (χ2v) is 5.46. The third-order valence-corrected chi connectivity index (χ3v) is 3.64. The summed E-state index contributed by atoms with van der Waals surface area (Å²) in [6.07, 6.45) is 26.7. The highest BCUT2D eigenvalue weighted by Crippen LogP contribution is 2.19. The minimum atomic E-state index is 0.794. The Bertz CT molecular complexity index is 631. The van der Waals surface area contributed by atoms with Crippen molar-refractivity contribution >= 4 is 0 Å². The topological polar surface area (TPSA) is 12.0 Å². The third kappa shape index (κ3) is 7.64. The highest BCUT2D eigenvalue weighted by molar-refractivity contribution is 5.47. The molecule has 0 amide bonds. The molecule has 0 saturated heterocycles. The van der Waals surface area contributed by atoms with Gasteiger partial charge in [0.2, 0.25) is 0 Å². The van der Waals surface area contributed by atoms with Crippen LogP contribution in [0.3, 0.4) is 0 Å². The van der Waals surface area contributed by atoms with E-state index in [1.807, 2.05) is 31.4 Å². The largest absolute Gasteiger partial charge is 0.387 e. The molecule has 1 rings (SSSR count). The summed E-state index contributed by atoms with van der Waals surface area (Å²) >= 11 is 0. The fourth-order valence-electron chi connectivity index (χ4n) is 2.16. The maximum absolute atomic E-state index is 4.10. The molecule has 0 aromatic heterocycles. The summed E-state index contributed by atoms with van der Waals surface area (Å²) in [4.78, 5) is 0. The monoisotopic (exact) mass is 319 g/mol. The highest BCUT2D eigenvalue weighted by Gasteiger charge is 2.04. The first-order valence-corrected chi connectivity index (χ1v) is 8.48. The molecule has 1 nitrogen and oxygen atoms in total. The van der Waals surface area contributed by atoms with E-state index in [4.69, 9.17) is 0 Å². The van der Waals surface area contributed by atoms with E-state index in [1.54, 1.807) is 6.08 Å². The molecule has 1 N–H and O–H groups in total. The minimum Gasteiger partial charge on any atom is -0.387 e. The predicted octanol–water partition coefficient (Wildman–Crippen LogP) is 6.11. The summed E-state index contributed by atoms with van der Waals surface area (Å²) in [5, 5.41) is 3.38. The Morgan fingerprint density at radius 3 is 2.71 bits per heavy atom. The Morgan fingerprint density at radius 2 is 2.08 bits per heavy atom. The molecule has 0 aromatic carbocycles. The van der Waals surface area contributed by atoms with Gasteiger partial charge in [-0.1, -0.05) is 86.4 Å². The second kappa shape index (κ2) is 12.0. The Labute approximate surface area is 147 Å². The van der Waals surface area contributed by atoms with E-state index in [-0.39, 0.29) is 0 Å². The maximum atomic E-state index is 4.10. The van der Waals surface area contributed by atoms with Crippen LogP contribution in [0.4, 0.5) is 0 Å². The van der Waals surface area contributed by atoms with Gasteiger partial charge in [0.25, 0.3) is 0 Å². The number of allylic oxidation sites excluding steroid dienone is 13. The molecule has 0 spiro atoms. The molecule has 0 radical (unpaired) electrons. The summed E-state index contributed by atoms with van der Waals surface area (Å²) in [5.41, 5.74) is 4.89. The molecule has 126 valence electrons. The molecule has 0 heterocycles. The van der Waals surface area contributed by atoms with Crippen molar-refractivity contribution in [2.45, 2.75) is 26.7 Å². The lowest BCUT2D eigenvalue weighted by Gasteiger charge is -2.09. The lowest BCUT2D eigenvalue weighted by molar-refractivity contribution is 0.942. The van der Waals surface area contributed by atoms with Crippen molar-refractivity contribution in [1.82, 2.24) is 5.32 Å². The fraction of sp³-hybridized carbons (Fsp3) is 0.217. The first-order valence-electron chi connectivity index (χ1n) is 8.48. The molecule has 0 unspecified atom stereocenters. The van der Waals surface area contributed by atoms with Crippen molar-refractivity contribution in [1.29, 1.82) is 0 Å². The Kier molecular flexibility index (Phi) is 9.72. The molecular formula is C23H29N. The zero-order valence-electron chi connectivity index (χ0n) is 15.0. The average Bonchev–Trinajstić information content (AvgIpc) is 3.13. The third-order valence-electron chi connectivity index (χ3n) is 3.64. The maximum Gasteiger partial charge on any atom is 0.0401 e. The number of hydrogen-bond acceptors (Lipinski definition) is 1. The van der Waals surface area contributed by atoms with Crippen LogP contribution < -0.4 is 5.32 Å². The zero-order valence-corrected chi connectivity index (χ0v) is 15.0. The summed E-state index contributed by atoms with van der Waals surface area (Å²) in [5.74, 6) is 0. The molecule has 0 fully saturated rings. The summed E-state index contributed by atoms with van der Waals surface area (Å²) < 4.78 is 0. The van der Waals surface area contributed by atoms with E-state index in [1.165, 1.54) is 11.1 Å². The van der Waals surface area contributed by atoms with Gasteiger partial charge in [0, 0.05) is 6.54 Å². The van der Waals surface area contributed by atoms with Gasteiger partial charge >= 0.3 is 0 Å². The predicted molar refractivity (Wildman–Crippen MR) is 109 cm³/mol. The van der Waals surface area contributed by atoms with Gasteiger partial charge in [0.05, 0.1) is 0 Å². The first-order chi connectivity index (χ1) is 11.7. The normalized spacial score (nSPS) is 15.7. The molecule has 0 bridgehead atoms. The molecule has 0 saturated carbocycles. The molecule has 1 heteroatoms. The average molecular weight is 319 g/mol. The van der Waals surface area contributed by atoms with Crippen LogP contribution in [0.1, 0.15) is 26.7 Å². The number of nitrogens with one attached hydrogen (secondary N) is 1. The Morgan fingerprint density at radius 1 is 1.25 bits per heavy atom. The lowest BCUT2D eigenvalue weighted by atomic mass is 10.0. The van der Waals surface area contributed by atoms with Gasteiger partial charge in [-0.2, -0.15) is 0 Å². The highest BCUT2D eigenvalue weighted by atomic mass is 14.8. The van der Waals surface area contributed by atoms with Crippen LogP contribution >= 0.6 is 0 Å². The van der Waals surface area contributed by atoms with E-state index < -0.39 is 0 Å². The Hall–Kier alpha value is -2.54. The SMILES string of the molecule is C=C\C=C/C=C\C(\C=C/NC/C(=C\C(=C)CC)C1=CCC=C1)=C\C. The van der Waals surface area contributed by atoms with E-state index in [2.05, 4.69) is 67.9 Å². The van der Waals surface area contributed by atoms with Gasteiger partial charge in [-0.25, -0.2) is 0 Å². The standard InChI is InChI=1S/C23H29N/c1-5-8-9-10-13-21(7-3)16-17-24-19-23(18-20(4)6-2)22-14-11-12-15-22/h5,7-11,13-18,24H,1,4,6,12,19H2,2-3H3/b9-8-,13-10-,17-16-,21-7-,23-18+. The van der Waals surface area contributed by atoms with Crippen LogP contribution in [0, 0.1) is 0 Å². The molecular weight excluding hydrogens is 290 g/mol. The van der Waals surface area contributed by atoms with Gasteiger partial charge in [-0.3, -0.25) is 0 Å². The fourth-order valence-corrected chi connectivity index (χ4v) is 2.16. The Balaban J connectivity index is 2.63. The van der Waals surface area contributed by atoms with Crippen LogP contribution in [0.15, 0.2) is 108 Å². The van der Waals surface area contributed by atoms with Gasteiger partial charge in [-0.15, -0.1) is 0 Å². The van der Waals surface area contributed by atoms with Crippen LogP contribution in [0.25, 0.3) is 0 Å². The van der Waals surface area contributed by atoms with Crippen molar-refractivity contribution in [3.63, 3.8) is 0 Å². The quantitative estimate of drug-likeness (QED) is 0.479. The van der Waals surface area contributed by atoms with E-state index in [9.17, 15) is 0 Å². The molecule has 0 atom stereocenters. The lowest BCUT2D eigenvalue weighted by Crippen LogP contribution is -2.11. The molecule has 0 aromatic rings. The summed E-state index contributed by atoms with van der Waals surface area (Å²) in [7, 11) is 0. The van der Waals surface area contributed by atoms with Crippen molar-refractivity contribution in [2.75, 3.05) is 6.54 Å². The van der Waals surface area contributed by atoms with Gasteiger partial charge < -0.3 is 5.32 Å². The van der Waals surface area contributed by atoms with Crippen LogP contribution in [0.5, 0.6) is 0 Å². The van der Waals surface area contributed by atoms with Crippen LogP contribution in [-0.2, 0) is 0 Å². The zero-order chi connectivity index (χ0) is 17.6. The van der Waals surface area contributed by atoms with Gasteiger partial charge in [-0.05, 0) is 48.8 Å². The molecule has 1 aliphatic rings. The van der Waals surface area contributed by atoms with Crippen LogP contribution in [-0.4, -0.2) is 6.54 Å². The smallest absolute Gasteiger partial charge is 0.0401 e. The number of hydrogen-bond donors (Lipinski definition) is 1. The van der Waals surface area contributed by atoms with Crippen molar-refractivity contribution in [3.8, 4) is 0 Å². The van der Waals surface area contributed by atoms with Gasteiger partial charge in [0.15, 0.2) is 0 Å². The summed E-state index contributed by atoms with van der Waals surface area (Å²) in [6, 6.07) is 0. The van der Waals surface area contributed by atoms with Crippen molar-refractivity contribution < 1.29 is 0 Å². The van der Waals surface area contributed by atoms with E-state index >= 15 is 0 Å². The number of rotatable bonds is 10. The van der Waals surface area contributed by atoms with Crippen molar-refractivity contribution in [2.24, 2.45) is 0 Å². The van der Waals surface area contributed by atoms with Gasteiger partial charge in [0.1, 0.15) is 0 Å².